The van der Waals surface area contributed by atoms with Gasteiger partial charge < -0.3 is 5.32 Å². The first-order valence-corrected chi connectivity index (χ1v) is 6.32. The first-order valence-electron chi connectivity index (χ1n) is 6.32. The van der Waals surface area contributed by atoms with Crippen LogP contribution in [0.5, 0.6) is 0 Å². The summed E-state index contributed by atoms with van der Waals surface area (Å²) in [6.07, 6.45) is 4.99. The minimum Gasteiger partial charge on any atom is -0.313 e. The van der Waals surface area contributed by atoms with Crippen LogP contribution in [0.3, 0.4) is 0 Å². The summed E-state index contributed by atoms with van der Waals surface area (Å²) in [7, 11) is 3.95. The van der Waals surface area contributed by atoms with Gasteiger partial charge in [-0.2, -0.15) is 5.10 Å². The first-order chi connectivity index (χ1) is 8.60. The smallest absolute Gasteiger partial charge is 0.0537 e. The number of hydrogen-bond donors (Lipinski definition) is 1. The molecule has 0 aliphatic rings. The monoisotopic (exact) mass is 243 g/mol. The van der Waals surface area contributed by atoms with E-state index in [1.54, 1.807) is 0 Å². The summed E-state index contributed by atoms with van der Waals surface area (Å²) in [5, 5.41) is 7.60. The van der Waals surface area contributed by atoms with Crippen LogP contribution in [0.15, 0.2) is 30.6 Å². The fourth-order valence-corrected chi connectivity index (χ4v) is 2.17. The van der Waals surface area contributed by atoms with Crippen LogP contribution in [-0.4, -0.2) is 16.8 Å². The van der Waals surface area contributed by atoms with Gasteiger partial charge in [0.2, 0.25) is 0 Å². The molecule has 1 aromatic heterocycles. The van der Waals surface area contributed by atoms with Crippen LogP contribution in [0.25, 0.3) is 0 Å². The largest absolute Gasteiger partial charge is 0.313 e. The van der Waals surface area contributed by atoms with Gasteiger partial charge >= 0.3 is 0 Å². The SMILES string of the molecule is CNC(Cc1ccc(C)c(C)c1)c1cnn(C)c1. The van der Waals surface area contributed by atoms with Crippen molar-refractivity contribution in [1.29, 1.82) is 0 Å². The van der Waals surface area contributed by atoms with Crippen molar-refractivity contribution in [1.82, 2.24) is 15.1 Å². The van der Waals surface area contributed by atoms with E-state index >= 15 is 0 Å². The number of benzene rings is 1. The Morgan fingerprint density at radius 1 is 1.28 bits per heavy atom. The van der Waals surface area contributed by atoms with Gasteiger partial charge in [0.25, 0.3) is 0 Å². The minimum absolute atomic E-state index is 0.320. The Hall–Kier alpha value is -1.61. The van der Waals surface area contributed by atoms with E-state index in [0.29, 0.717) is 6.04 Å². The van der Waals surface area contributed by atoms with Gasteiger partial charge in [0.05, 0.1) is 6.20 Å². The van der Waals surface area contributed by atoms with Gasteiger partial charge in [-0.15, -0.1) is 0 Å². The Morgan fingerprint density at radius 2 is 2.06 bits per heavy atom. The van der Waals surface area contributed by atoms with E-state index in [-0.39, 0.29) is 0 Å². The highest BCUT2D eigenvalue weighted by atomic mass is 15.2. The standard InChI is InChI=1S/C15H21N3/c1-11-5-6-13(7-12(11)2)8-15(16-3)14-9-17-18(4)10-14/h5-7,9-10,15-16H,8H2,1-4H3. The molecule has 0 aliphatic carbocycles. The molecule has 2 rings (SSSR count). The molecule has 0 radical (unpaired) electrons. The van der Waals surface area contributed by atoms with Crippen molar-refractivity contribution in [2.24, 2.45) is 7.05 Å². The van der Waals surface area contributed by atoms with Gasteiger partial charge in [-0.1, -0.05) is 18.2 Å². The lowest BCUT2D eigenvalue weighted by atomic mass is 9.98. The third-order valence-corrected chi connectivity index (χ3v) is 3.49. The second-order valence-electron chi connectivity index (χ2n) is 4.91. The number of rotatable bonds is 4. The molecule has 3 heteroatoms. The fraction of sp³-hybridized carbons (Fsp3) is 0.400. The van der Waals surface area contributed by atoms with Crippen molar-refractivity contribution in [2.45, 2.75) is 26.3 Å². The second kappa shape index (κ2) is 5.36. The summed E-state index contributed by atoms with van der Waals surface area (Å²) in [5.74, 6) is 0. The molecule has 0 spiro atoms. The Balaban J connectivity index is 2.17. The maximum absolute atomic E-state index is 4.24. The molecule has 1 unspecified atom stereocenters. The summed E-state index contributed by atoms with van der Waals surface area (Å²) in [4.78, 5) is 0. The van der Waals surface area contributed by atoms with Crippen LogP contribution in [-0.2, 0) is 13.5 Å². The third-order valence-electron chi connectivity index (χ3n) is 3.49. The number of aryl methyl sites for hydroxylation is 3. The highest BCUT2D eigenvalue weighted by molar-refractivity contribution is 5.31. The van der Waals surface area contributed by atoms with Crippen LogP contribution >= 0.6 is 0 Å². The lowest BCUT2D eigenvalue weighted by Gasteiger charge is -2.15. The summed E-state index contributed by atoms with van der Waals surface area (Å²) < 4.78 is 1.85. The summed E-state index contributed by atoms with van der Waals surface area (Å²) in [5.41, 5.74) is 5.30. The molecular formula is C15H21N3. The number of hydrogen-bond acceptors (Lipinski definition) is 2. The number of likely N-dealkylation sites (N-methyl/N-ethyl adjacent to an activating group) is 1. The molecule has 1 N–H and O–H groups in total. The first kappa shape index (κ1) is 12.8. The van der Waals surface area contributed by atoms with Crippen LogP contribution in [0.1, 0.15) is 28.3 Å². The highest BCUT2D eigenvalue weighted by Gasteiger charge is 2.12. The Bertz CT molecular complexity index is 528. The van der Waals surface area contributed by atoms with Crippen molar-refractivity contribution in [2.75, 3.05) is 7.05 Å². The van der Waals surface area contributed by atoms with Crippen LogP contribution in [0.2, 0.25) is 0 Å². The van der Waals surface area contributed by atoms with E-state index in [1.807, 2.05) is 25.0 Å². The number of nitrogens with one attached hydrogen (secondary N) is 1. The van der Waals surface area contributed by atoms with Crippen molar-refractivity contribution in [3.05, 3.63) is 52.8 Å². The average Bonchev–Trinajstić information content (AvgIpc) is 2.77. The summed E-state index contributed by atoms with van der Waals surface area (Å²) in [6.45, 7) is 4.31. The van der Waals surface area contributed by atoms with Gasteiger partial charge in [0, 0.05) is 24.8 Å². The van der Waals surface area contributed by atoms with Crippen molar-refractivity contribution >= 4 is 0 Å². The van der Waals surface area contributed by atoms with Crippen LogP contribution in [0, 0.1) is 13.8 Å². The maximum atomic E-state index is 4.24. The zero-order valence-corrected chi connectivity index (χ0v) is 11.6. The van der Waals surface area contributed by atoms with E-state index in [1.165, 1.54) is 22.3 Å². The molecular weight excluding hydrogens is 222 g/mol. The Labute approximate surface area is 109 Å². The zero-order valence-electron chi connectivity index (χ0n) is 11.6. The predicted molar refractivity (Wildman–Crippen MR) is 74.6 cm³/mol. The highest BCUT2D eigenvalue weighted by Crippen LogP contribution is 2.19. The molecule has 0 saturated heterocycles. The molecule has 2 aromatic rings. The van der Waals surface area contributed by atoms with E-state index < -0.39 is 0 Å². The molecule has 0 amide bonds. The minimum atomic E-state index is 0.320. The van der Waals surface area contributed by atoms with Gasteiger partial charge in [0.15, 0.2) is 0 Å². The molecule has 18 heavy (non-hydrogen) atoms. The van der Waals surface area contributed by atoms with Crippen molar-refractivity contribution in [3.63, 3.8) is 0 Å². The lowest BCUT2D eigenvalue weighted by molar-refractivity contribution is 0.591. The number of aromatic nitrogens is 2. The van der Waals surface area contributed by atoms with Crippen LogP contribution < -0.4 is 5.32 Å². The molecule has 0 fully saturated rings. The Morgan fingerprint density at radius 3 is 2.61 bits per heavy atom. The number of nitrogens with zero attached hydrogens (tertiary/aromatic N) is 2. The molecule has 1 atom stereocenters. The van der Waals surface area contributed by atoms with E-state index in [4.69, 9.17) is 0 Å². The normalized spacial score (nSPS) is 12.7. The third kappa shape index (κ3) is 2.79. The van der Waals surface area contributed by atoms with E-state index in [2.05, 4.69) is 48.7 Å². The fourth-order valence-electron chi connectivity index (χ4n) is 2.17. The second-order valence-corrected chi connectivity index (χ2v) is 4.91. The molecule has 1 aromatic carbocycles. The van der Waals surface area contributed by atoms with Gasteiger partial charge in [-0.05, 0) is 44.0 Å². The topological polar surface area (TPSA) is 29.9 Å². The zero-order chi connectivity index (χ0) is 13.1. The molecule has 0 saturated carbocycles. The van der Waals surface area contributed by atoms with Crippen molar-refractivity contribution in [3.8, 4) is 0 Å². The van der Waals surface area contributed by atoms with Crippen molar-refractivity contribution < 1.29 is 0 Å². The molecule has 3 nitrogen and oxygen atoms in total. The molecule has 1 heterocycles. The average molecular weight is 243 g/mol. The van der Waals surface area contributed by atoms with Crippen LogP contribution in [0.4, 0.5) is 0 Å². The van der Waals surface area contributed by atoms with E-state index in [0.717, 1.165) is 6.42 Å². The Kier molecular flexibility index (Phi) is 3.82. The van der Waals surface area contributed by atoms with Gasteiger partial charge in [-0.25, -0.2) is 0 Å². The lowest BCUT2D eigenvalue weighted by Crippen LogP contribution is -2.18. The molecule has 0 aliphatic heterocycles. The molecule has 0 bridgehead atoms. The quantitative estimate of drug-likeness (QED) is 0.894. The predicted octanol–water partition coefficient (Wildman–Crippen LogP) is 2.54. The van der Waals surface area contributed by atoms with Gasteiger partial charge in [-0.3, -0.25) is 4.68 Å². The summed E-state index contributed by atoms with van der Waals surface area (Å²) >= 11 is 0. The van der Waals surface area contributed by atoms with E-state index in [9.17, 15) is 0 Å². The molecule has 96 valence electrons. The summed E-state index contributed by atoms with van der Waals surface area (Å²) in [6, 6.07) is 7.00. The van der Waals surface area contributed by atoms with Gasteiger partial charge in [0.1, 0.15) is 0 Å². The maximum Gasteiger partial charge on any atom is 0.0537 e.